The van der Waals surface area contributed by atoms with Crippen molar-refractivity contribution >= 4 is 41.6 Å². The molecule has 0 radical (unpaired) electrons. The van der Waals surface area contributed by atoms with Gasteiger partial charge < -0.3 is 29.6 Å². The largest absolute Gasteiger partial charge is 0.479 e. The molecule has 4 N–H and O–H groups in total. The van der Waals surface area contributed by atoms with Crippen LogP contribution < -0.4 is 20.1 Å². The van der Waals surface area contributed by atoms with Gasteiger partial charge in [0.1, 0.15) is 17.4 Å². The van der Waals surface area contributed by atoms with E-state index in [1.54, 1.807) is 37.5 Å². The monoisotopic (exact) mass is 670 g/mol. The number of methoxy groups -OCH3 is 1. The SMILES string of the molecule is COc1nc(N)nc2c1ncn2C1OC(COP(=O)(NC(C(=O)OCC(C)(C)C)C(C)C)Oc2cccc3ccccc23)CC1(C)O. The second-order valence-electron chi connectivity index (χ2n) is 13.5. The van der Waals surface area contributed by atoms with Crippen molar-refractivity contribution in [1.29, 1.82) is 0 Å². The number of hydrogen-bond donors (Lipinski definition) is 3. The number of ether oxygens (including phenoxy) is 3. The predicted octanol–water partition coefficient (Wildman–Crippen LogP) is 5.02. The summed E-state index contributed by atoms with van der Waals surface area (Å²) >= 11 is 0. The van der Waals surface area contributed by atoms with E-state index >= 15 is 0 Å². The lowest BCUT2D eigenvalue weighted by Gasteiger charge is -2.28. The average Bonchev–Trinajstić information content (AvgIpc) is 3.56. The van der Waals surface area contributed by atoms with Gasteiger partial charge in [0.05, 0.1) is 32.8 Å². The third-order valence-corrected chi connectivity index (χ3v) is 9.13. The van der Waals surface area contributed by atoms with Crippen LogP contribution in [0, 0.1) is 11.3 Å². The first-order valence-electron chi connectivity index (χ1n) is 15.4. The number of imidazole rings is 1. The molecule has 47 heavy (non-hydrogen) atoms. The summed E-state index contributed by atoms with van der Waals surface area (Å²) in [6, 6.07) is 11.8. The number of aliphatic hydroxyl groups is 1. The number of anilines is 1. The van der Waals surface area contributed by atoms with Gasteiger partial charge in [-0.15, -0.1) is 0 Å². The zero-order chi connectivity index (χ0) is 34.1. The van der Waals surface area contributed by atoms with Crippen molar-refractivity contribution in [3.05, 3.63) is 48.8 Å². The number of rotatable bonds is 12. The Labute approximate surface area is 273 Å². The highest BCUT2D eigenvalue weighted by atomic mass is 31.2. The molecule has 254 valence electrons. The summed E-state index contributed by atoms with van der Waals surface area (Å²) < 4.78 is 45.4. The smallest absolute Gasteiger partial charge is 0.459 e. The van der Waals surface area contributed by atoms with E-state index in [9.17, 15) is 14.5 Å². The van der Waals surface area contributed by atoms with Gasteiger partial charge in [-0.3, -0.25) is 13.9 Å². The Kier molecular flexibility index (Phi) is 9.82. The Hall–Kier alpha value is -3.81. The van der Waals surface area contributed by atoms with Gasteiger partial charge in [-0.2, -0.15) is 15.1 Å². The third kappa shape index (κ3) is 7.85. The maximum Gasteiger partial charge on any atom is 0.459 e. The van der Waals surface area contributed by atoms with Crippen molar-refractivity contribution in [1.82, 2.24) is 24.6 Å². The molecule has 3 heterocycles. The number of carbonyl (C=O) groups excluding carboxylic acids is 1. The lowest BCUT2D eigenvalue weighted by Crippen LogP contribution is -2.42. The molecule has 5 unspecified atom stereocenters. The minimum atomic E-state index is -4.29. The number of nitrogen functional groups attached to an aromatic ring is 1. The predicted molar refractivity (Wildman–Crippen MR) is 176 cm³/mol. The van der Waals surface area contributed by atoms with Crippen molar-refractivity contribution in [2.45, 2.75) is 71.9 Å². The highest BCUT2D eigenvalue weighted by Crippen LogP contribution is 2.49. The zero-order valence-corrected chi connectivity index (χ0v) is 28.6. The number of hydrogen-bond acceptors (Lipinski definition) is 12. The first-order chi connectivity index (χ1) is 22.1. The number of nitrogens with two attached hydrogens (primary N) is 1. The van der Waals surface area contributed by atoms with E-state index in [0.29, 0.717) is 22.3 Å². The second-order valence-corrected chi connectivity index (χ2v) is 15.2. The average molecular weight is 671 g/mol. The van der Waals surface area contributed by atoms with E-state index in [4.69, 9.17) is 29.0 Å². The van der Waals surface area contributed by atoms with Crippen LogP contribution in [0.1, 0.15) is 54.2 Å². The second kappa shape index (κ2) is 13.4. The van der Waals surface area contributed by atoms with Gasteiger partial charge in [-0.05, 0) is 29.7 Å². The fourth-order valence-electron chi connectivity index (χ4n) is 5.32. The number of aromatic nitrogens is 4. The molecule has 0 bridgehead atoms. The van der Waals surface area contributed by atoms with Gasteiger partial charge in [-0.1, -0.05) is 71.0 Å². The molecule has 0 saturated carbocycles. The Morgan fingerprint density at radius 3 is 2.64 bits per heavy atom. The van der Waals surface area contributed by atoms with Crippen LogP contribution >= 0.6 is 7.75 Å². The van der Waals surface area contributed by atoms with Crippen molar-refractivity contribution in [3.8, 4) is 11.6 Å². The van der Waals surface area contributed by atoms with Crippen molar-refractivity contribution < 1.29 is 37.7 Å². The highest BCUT2D eigenvalue weighted by molar-refractivity contribution is 7.52. The number of benzene rings is 2. The standard InChI is InChI=1S/C32H43N6O8P/c1-19(2)24(28(39)43-17-31(3,4)5)37-47(41,46-23-14-10-12-20-11-8-9-13-22(20)23)44-16-21-15-32(6,40)29(45-21)38-18-34-25-26(38)35-30(33)36-27(25)42-7/h8-14,18-19,21,24,29,40H,15-17H2,1-7H3,(H,37,41)(H2,33,35,36). The summed E-state index contributed by atoms with van der Waals surface area (Å²) in [6.07, 6.45) is -0.145. The molecule has 5 atom stereocenters. The Morgan fingerprint density at radius 1 is 1.21 bits per heavy atom. The van der Waals surface area contributed by atoms with Gasteiger partial charge in [-0.25, -0.2) is 9.55 Å². The number of fused-ring (bicyclic) bond motifs is 2. The van der Waals surface area contributed by atoms with Crippen molar-refractivity contribution in [3.63, 3.8) is 0 Å². The molecule has 1 aliphatic heterocycles. The summed E-state index contributed by atoms with van der Waals surface area (Å²) in [5, 5.41) is 15.9. The number of nitrogens with zero attached hydrogens (tertiary/aromatic N) is 4. The Bertz CT molecular complexity index is 1780. The normalized spacial score (nSPS) is 22.0. The molecule has 2 aromatic heterocycles. The summed E-state index contributed by atoms with van der Waals surface area (Å²) in [7, 11) is -2.85. The molecule has 1 aliphatic rings. The van der Waals surface area contributed by atoms with E-state index in [-0.39, 0.29) is 42.8 Å². The summed E-state index contributed by atoms with van der Waals surface area (Å²) in [6.45, 7) is 11.0. The number of esters is 1. The van der Waals surface area contributed by atoms with Crippen LogP contribution in [-0.4, -0.2) is 68.7 Å². The quantitative estimate of drug-likeness (QED) is 0.135. The van der Waals surface area contributed by atoms with Crippen LogP contribution in [0.25, 0.3) is 21.9 Å². The maximum absolute atomic E-state index is 14.6. The molecule has 1 fully saturated rings. The molecule has 0 amide bonds. The Balaban J connectivity index is 1.41. The van der Waals surface area contributed by atoms with E-state index in [1.807, 2.05) is 51.1 Å². The maximum atomic E-state index is 14.6. The highest BCUT2D eigenvalue weighted by Gasteiger charge is 2.47. The van der Waals surface area contributed by atoms with Crippen LogP contribution in [0.2, 0.25) is 0 Å². The minimum absolute atomic E-state index is 0.0352. The summed E-state index contributed by atoms with van der Waals surface area (Å²) in [5.41, 5.74) is 4.85. The van der Waals surface area contributed by atoms with Crippen LogP contribution in [0.4, 0.5) is 5.95 Å². The third-order valence-electron chi connectivity index (χ3n) is 7.61. The van der Waals surface area contributed by atoms with Crippen molar-refractivity contribution in [2.24, 2.45) is 11.3 Å². The van der Waals surface area contributed by atoms with E-state index in [0.717, 1.165) is 5.39 Å². The molecule has 0 spiro atoms. The summed E-state index contributed by atoms with van der Waals surface area (Å²) in [4.78, 5) is 25.9. The topological polar surface area (TPSA) is 182 Å². The van der Waals surface area contributed by atoms with Crippen LogP contribution in [0.15, 0.2) is 48.8 Å². The molecule has 4 aromatic rings. The fraction of sp³-hybridized carbons (Fsp3) is 0.500. The van der Waals surface area contributed by atoms with Crippen LogP contribution in [0.3, 0.4) is 0 Å². The molecule has 2 aromatic carbocycles. The fourth-order valence-corrected chi connectivity index (χ4v) is 7.03. The van der Waals surface area contributed by atoms with Crippen LogP contribution in [-0.2, 0) is 23.4 Å². The van der Waals surface area contributed by atoms with Crippen LogP contribution in [0.5, 0.6) is 11.6 Å². The van der Waals surface area contributed by atoms with Gasteiger partial charge >= 0.3 is 13.7 Å². The van der Waals surface area contributed by atoms with E-state index < -0.39 is 37.7 Å². The molecule has 15 heteroatoms. The van der Waals surface area contributed by atoms with E-state index in [2.05, 4.69) is 20.0 Å². The minimum Gasteiger partial charge on any atom is -0.479 e. The number of carbonyl (C=O) groups is 1. The van der Waals surface area contributed by atoms with Crippen molar-refractivity contribution in [2.75, 3.05) is 26.1 Å². The first-order valence-corrected chi connectivity index (χ1v) is 16.9. The first kappa shape index (κ1) is 34.5. The molecule has 0 aliphatic carbocycles. The lowest BCUT2D eigenvalue weighted by atomic mass is 9.98. The summed E-state index contributed by atoms with van der Waals surface area (Å²) in [5.74, 6) is -0.458. The van der Waals surface area contributed by atoms with E-state index in [1.165, 1.54) is 13.4 Å². The zero-order valence-electron chi connectivity index (χ0n) is 27.7. The molecular weight excluding hydrogens is 627 g/mol. The van der Waals surface area contributed by atoms with Gasteiger partial charge in [0, 0.05) is 11.8 Å². The molecule has 1 saturated heterocycles. The molecule has 14 nitrogen and oxygen atoms in total. The van der Waals surface area contributed by atoms with Gasteiger partial charge in [0.15, 0.2) is 17.4 Å². The Morgan fingerprint density at radius 2 is 1.94 bits per heavy atom. The number of nitrogens with one attached hydrogen (secondary N) is 1. The molecule has 5 rings (SSSR count). The van der Waals surface area contributed by atoms with Gasteiger partial charge in [0.25, 0.3) is 0 Å². The molecular formula is C32H43N6O8P. The lowest BCUT2D eigenvalue weighted by molar-refractivity contribution is -0.149. The van der Waals surface area contributed by atoms with Gasteiger partial charge in [0.2, 0.25) is 11.8 Å².